The summed E-state index contributed by atoms with van der Waals surface area (Å²) in [6.07, 6.45) is 3.01. The van der Waals surface area contributed by atoms with Gasteiger partial charge in [0.2, 0.25) is 0 Å². The number of aliphatic carboxylic acids is 1. The molecule has 0 unspecified atom stereocenters. The van der Waals surface area contributed by atoms with E-state index in [0.29, 0.717) is 12.5 Å². The lowest BCUT2D eigenvalue weighted by Gasteiger charge is -2.21. The smallest absolute Gasteiger partial charge is 0.305 e. The molecule has 5 nitrogen and oxygen atoms in total. The van der Waals surface area contributed by atoms with Crippen molar-refractivity contribution >= 4 is 11.9 Å². The molecular weight excluding hydrogens is 251 g/mol. The first-order chi connectivity index (χ1) is 9.06. The Bertz CT molecular complexity index is 471. The third-order valence-corrected chi connectivity index (χ3v) is 3.00. The van der Waals surface area contributed by atoms with E-state index in [-0.39, 0.29) is 24.6 Å². The van der Waals surface area contributed by atoms with Crippen LogP contribution >= 0.6 is 0 Å². The molecule has 1 aliphatic rings. The topological polar surface area (TPSA) is 70.5 Å². The Morgan fingerprint density at radius 1 is 1.42 bits per heavy atom. The molecule has 0 radical (unpaired) electrons. The van der Waals surface area contributed by atoms with Gasteiger partial charge in [0.25, 0.3) is 5.91 Å². The quantitative estimate of drug-likeness (QED) is 0.848. The summed E-state index contributed by atoms with van der Waals surface area (Å²) in [6.45, 7) is 0.703. The largest absolute Gasteiger partial charge is 0.481 e. The Hall–Kier alpha value is -1.98. The molecule has 1 N–H and O–H groups in total. The summed E-state index contributed by atoms with van der Waals surface area (Å²) in [6, 6.07) is 2.49. The molecule has 1 saturated carbocycles. The van der Waals surface area contributed by atoms with E-state index in [4.69, 9.17) is 5.11 Å². The van der Waals surface area contributed by atoms with E-state index in [1.165, 1.54) is 17.0 Å². The van der Waals surface area contributed by atoms with E-state index in [2.05, 4.69) is 4.98 Å². The average Bonchev–Trinajstić information content (AvgIpc) is 3.18. The summed E-state index contributed by atoms with van der Waals surface area (Å²) in [5.74, 6) is -1.33. The number of carboxylic acid groups (broad SMARTS) is 1. The molecule has 0 aliphatic heterocycles. The number of nitrogens with zero attached hydrogens (tertiary/aromatic N) is 2. The van der Waals surface area contributed by atoms with Crippen molar-refractivity contribution in [3.63, 3.8) is 0 Å². The van der Waals surface area contributed by atoms with Gasteiger partial charge in [-0.25, -0.2) is 9.37 Å². The maximum absolute atomic E-state index is 12.8. The van der Waals surface area contributed by atoms with Crippen LogP contribution in [0.15, 0.2) is 18.3 Å². The third-order valence-electron chi connectivity index (χ3n) is 3.00. The van der Waals surface area contributed by atoms with Gasteiger partial charge in [-0.15, -0.1) is 0 Å². The van der Waals surface area contributed by atoms with Crippen molar-refractivity contribution in [2.45, 2.75) is 19.3 Å². The molecule has 19 heavy (non-hydrogen) atoms. The zero-order chi connectivity index (χ0) is 13.8. The van der Waals surface area contributed by atoms with Crippen molar-refractivity contribution in [2.75, 3.05) is 13.1 Å². The molecule has 2 rings (SSSR count). The second-order valence-corrected chi connectivity index (χ2v) is 4.70. The Morgan fingerprint density at radius 2 is 2.16 bits per heavy atom. The Labute approximate surface area is 110 Å². The summed E-state index contributed by atoms with van der Waals surface area (Å²) < 4.78 is 12.8. The van der Waals surface area contributed by atoms with Crippen molar-refractivity contribution < 1.29 is 19.1 Å². The molecule has 0 atom stereocenters. The molecule has 6 heteroatoms. The fourth-order valence-corrected chi connectivity index (χ4v) is 1.78. The summed E-state index contributed by atoms with van der Waals surface area (Å²) in [4.78, 5) is 28.0. The van der Waals surface area contributed by atoms with Gasteiger partial charge >= 0.3 is 5.97 Å². The van der Waals surface area contributed by atoms with E-state index in [1.807, 2.05) is 0 Å². The third kappa shape index (κ3) is 4.01. The number of carbonyl (C=O) groups is 2. The van der Waals surface area contributed by atoms with E-state index >= 15 is 0 Å². The Morgan fingerprint density at radius 3 is 2.68 bits per heavy atom. The monoisotopic (exact) mass is 266 g/mol. The van der Waals surface area contributed by atoms with Gasteiger partial charge in [0.05, 0.1) is 12.6 Å². The minimum absolute atomic E-state index is 0.0976. The maximum Gasteiger partial charge on any atom is 0.305 e. The molecule has 102 valence electrons. The number of aromatic nitrogens is 1. The van der Waals surface area contributed by atoms with Gasteiger partial charge < -0.3 is 10.0 Å². The molecule has 0 saturated heterocycles. The van der Waals surface area contributed by atoms with Crippen LogP contribution < -0.4 is 0 Å². The van der Waals surface area contributed by atoms with Crippen LogP contribution in [-0.2, 0) is 4.79 Å². The standard InChI is InChI=1S/C13H15FN2O3/c14-10-3-4-11(15-7-10)13(19)16(6-5-12(17)18)8-9-1-2-9/h3-4,7,9H,1-2,5-6,8H2,(H,17,18). The van der Waals surface area contributed by atoms with Gasteiger partial charge in [0.1, 0.15) is 11.5 Å². The summed E-state index contributed by atoms with van der Waals surface area (Å²) in [7, 11) is 0. The molecular formula is C13H15FN2O3. The number of hydrogen-bond donors (Lipinski definition) is 1. The molecule has 1 heterocycles. The van der Waals surface area contributed by atoms with Crippen LogP contribution in [0.5, 0.6) is 0 Å². The predicted molar refractivity (Wildman–Crippen MR) is 65.1 cm³/mol. The number of rotatable bonds is 6. The van der Waals surface area contributed by atoms with E-state index in [1.54, 1.807) is 0 Å². The first-order valence-electron chi connectivity index (χ1n) is 6.19. The number of amides is 1. The van der Waals surface area contributed by atoms with Crippen LogP contribution in [-0.4, -0.2) is 40.0 Å². The first-order valence-corrected chi connectivity index (χ1v) is 6.19. The normalized spacial score (nSPS) is 14.2. The molecule has 0 spiro atoms. The summed E-state index contributed by atoms with van der Waals surface area (Å²) in [5, 5.41) is 8.70. The molecule has 1 aliphatic carbocycles. The molecule has 1 fully saturated rings. The maximum atomic E-state index is 12.8. The highest BCUT2D eigenvalue weighted by atomic mass is 19.1. The van der Waals surface area contributed by atoms with Crippen molar-refractivity contribution in [3.8, 4) is 0 Å². The Kier molecular flexibility index (Phi) is 4.09. The lowest BCUT2D eigenvalue weighted by Crippen LogP contribution is -2.35. The number of pyridine rings is 1. The second kappa shape index (κ2) is 5.77. The van der Waals surface area contributed by atoms with Crippen LogP contribution in [0.25, 0.3) is 0 Å². The number of carbonyl (C=O) groups excluding carboxylic acids is 1. The SMILES string of the molecule is O=C(O)CCN(CC1CC1)C(=O)c1ccc(F)cn1. The van der Waals surface area contributed by atoms with Gasteiger partial charge in [-0.2, -0.15) is 0 Å². The molecule has 1 aromatic heterocycles. The minimum Gasteiger partial charge on any atom is -0.481 e. The van der Waals surface area contributed by atoms with Gasteiger partial charge in [-0.05, 0) is 30.9 Å². The Balaban J connectivity index is 2.04. The number of halogens is 1. The van der Waals surface area contributed by atoms with Crippen molar-refractivity contribution in [3.05, 3.63) is 29.8 Å². The fraction of sp³-hybridized carbons (Fsp3) is 0.462. The first kappa shape index (κ1) is 13.5. The molecule has 0 bridgehead atoms. The van der Waals surface area contributed by atoms with Crippen LogP contribution in [0.4, 0.5) is 4.39 Å². The van der Waals surface area contributed by atoms with Crippen LogP contribution in [0, 0.1) is 11.7 Å². The second-order valence-electron chi connectivity index (χ2n) is 4.70. The van der Waals surface area contributed by atoms with Crippen molar-refractivity contribution in [1.29, 1.82) is 0 Å². The minimum atomic E-state index is -0.944. The fourth-order valence-electron chi connectivity index (χ4n) is 1.78. The van der Waals surface area contributed by atoms with Crippen molar-refractivity contribution in [1.82, 2.24) is 9.88 Å². The van der Waals surface area contributed by atoms with Crippen molar-refractivity contribution in [2.24, 2.45) is 5.92 Å². The summed E-state index contributed by atoms with van der Waals surface area (Å²) in [5.41, 5.74) is 0.146. The van der Waals surface area contributed by atoms with Gasteiger partial charge in [0.15, 0.2) is 0 Å². The molecule has 0 aromatic carbocycles. The molecule has 1 amide bonds. The zero-order valence-corrected chi connectivity index (χ0v) is 10.4. The molecule has 1 aromatic rings. The van der Waals surface area contributed by atoms with Gasteiger partial charge in [-0.3, -0.25) is 9.59 Å². The van der Waals surface area contributed by atoms with Gasteiger partial charge in [0, 0.05) is 13.1 Å². The van der Waals surface area contributed by atoms with E-state index in [0.717, 1.165) is 19.0 Å². The van der Waals surface area contributed by atoms with E-state index in [9.17, 15) is 14.0 Å². The van der Waals surface area contributed by atoms with E-state index < -0.39 is 11.8 Å². The highest BCUT2D eigenvalue weighted by Gasteiger charge is 2.27. The summed E-state index contributed by atoms with van der Waals surface area (Å²) >= 11 is 0. The average molecular weight is 266 g/mol. The highest BCUT2D eigenvalue weighted by molar-refractivity contribution is 5.92. The number of hydrogen-bond acceptors (Lipinski definition) is 3. The lowest BCUT2D eigenvalue weighted by molar-refractivity contribution is -0.137. The van der Waals surface area contributed by atoms with Gasteiger partial charge in [-0.1, -0.05) is 0 Å². The highest BCUT2D eigenvalue weighted by Crippen LogP contribution is 2.30. The lowest BCUT2D eigenvalue weighted by atomic mass is 10.2. The van der Waals surface area contributed by atoms with Crippen LogP contribution in [0.1, 0.15) is 29.8 Å². The zero-order valence-electron chi connectivity index (χ0n) is 10.4. The van der Waals surface area contributed by atoms with Crippen LogP contribution in [0.3, 0.4) is 0 Å². The predicted octanol–water partition coefficient (Wildman–Crippen LogP) is 1.55. The number of carboxylic acids is 1. The van der Waals surface area contributed by atoms with Crippen LogP contribution in [0.2, 0.25) is 0 Å².